The molecule has 2 fully saturated rings. The first kappa shape index (κ1) is 18.2. The minimum Gasteiger partial charge on any atom is -0.434 e. The summed E-state index contributed by atoms with van der Waals surface area (Å²) in [5, 5.41) is 10.4. The van der Waals surface area contributed by atoms with Crippen LogP contribution in [0.4, 0.5) is 0 Å². The smallest absolute Gasteiger partial charge is 0.434 e. The molecule has 2 aliphatic heterocycles. The molecule has 134 valence electrons. The maximum atomic E-state index is 11.9. The fourth-order valence-corrected chi connectivity index (χ4v) is 3.82. The standard InChI is InChI=1S/C12H15BN2O9P/c1-6(16)20-5-22-25(13)21-4-7-10(24-25)9(18)11(23-7)15-3-2-8(17)14-12(15)19/h2-3,7,9-11,18H,4-5H2,1H3,(H,14,17,19)/q+1/t7?,9?,10-,11?,25?/m1/s1. The SMILES string of the molecule is [B][P+]1(OCOC(C)=O)OCC2OC(n3ccc(=O)[nH]c3=O)C(O)[C@@H]2O1. The molecule has 2 radical (unpaired) electrons. The number of aliphatic hydroxyl groups is 1. The molecule has 1 aromatic rings. The molecule has 4 unspecified atom stereocenters. The van der Waals surface area contributed by atoms with Crippen LogP contribution in [0, 0.1) is 0 Å². The van der Waals surface area contributed by atoms with Crippen molar-refractivity contribution in [2.24, 2.45) is 0 Å². The molecule has 11 nitrogen and oxygen atoms in total. The number of aromatic amines is 1. The number of aliphatic hydroxyl groups excluding tert-OH is 1. The number of hydrogen-bond donors (Lipinski definition) is 2. The summed E-state index contributed by atoms with van der Waals surface area (Å²) in [7, 11) is 2.54. The predicted molar refractivity (Wildman–Crippen MR) is 82.5 cm³/mol. The third-order valence-corrected chi connectivity index (χ3v) is 5.13. The Balaban J connectivity index is 1.72. The van der Waals surface area contributed by atoms with Crippen molar-refractivity contribution in [2.75, 3.05) is 13.4 Å². The molecule has 0 amide bonds. The Morgan fingerprint density at radius 2 is 2.32 bits per heavy atom. The van der Waals surface area contributed by atoms with Crippen molar-refractivity contribution in [3.63, 3.8) is 0 Å². The lowest BCUT2D eigenvalue weighted by atomic mass is 10.1. The molecule has 0 aromatic carbocycles. The Hall–Kier alpha value is -1.56. The molecule has 3 rings (SSSR count). The van der Waals surface area contributed by atoms with Gasteiger partial charge in [0.15, 0.2) is 12.3 Å². The molecule has 1 aromatic heterocycles. The van der Waals surface area contributed by atoms with Gasteiger partial charge in [-0.25, -0.2) is 4.79 Å². The van der Waals surface area contributed by atoms with Crippen LogP contribution in [0.5, 0.6) is 0 Å². The molecule has 0 aliphatic carbocycles. The van der Waals surface area contributed by atoms with E-state index in [-0.39, 0.29) is 6.61 Å². The highest BCUT2D eigenvalue weighted by Crippen LogP contribution is 2.62. The lowest BCUT2D eigenvalue weighted by molar-refractivity contribution is -0.149. The van der Waals surface area contributed by atoms with Gasteiger partial charge >= 0.3 is 27.0 Å². The fourth-order valence-electron chi connectivity index (χ4n) is 2.47. The fraction of sp³-hybridized carbons (Fsp3) is 0.583. The first-order valence-electron chi connectivity index (χ1n) is 7.22. The second kappa shape index (κ2) is 6.98. The van der Waals surface area contributed by atoms with E-state index in [1.807, 2.05) is 0 Å². The van der Waals surface area contributed by atoms with Crippen LogP contribution in [-0.4, -0.2) is 59.9 Å². The normalized spacial score (nSPS) is 34.5. The van der Waals surface area contributed by atoms with Gasteiger partial charge < -0.3 is 14.6 Å². The molecule has 25 heavy (non-hydrogen) atoms. The zero-order chi connectivity index (χ0) is 18.2. The average molecular weight is 373 g/mol. The van der Waals surface area contributed by atoms with Crippen LogP contribution in [0.2, 0.25) is 0 Å². The number of ether oxygens (including phenoxy) is 2. The molecule has 0 bridgehead atoms. The minimum atomic E-state index is -3.33. The van der Waals surface area contributed by atoms with Crippen LogP contribution < -0.4 is 11.2 Å². The zero-order valence-electron chi connectivity index (χ0n) is 13.1. The van der Waals surface area contributed by atoms with Crippen LogP contribution in [0.15, 0.2) is 21.9 Å². The van der Waals surface area contributed by atoms with Crippen molar-refractivity contribution in [2.45, 2.75) is 31.5 Å². The highest BCUT2D eigenvalue weighted by molar-refractivity contribution is 7.85. The van der Waals surface area contributed by atoms with Crippen LogP contribution in [0.25, 0.3) is 0 Å². The first-order valence-corrected chi connectivity index (χ1v) is 8.84. The van der Waals surface area contributed by atoms with Gasteiger partial charge in [-0.3, -0.25) is 19.1 Å². The molecular formula is C12H15BN2O9P+. The zero-order valence-corrected chi connectivity index (χ0v) is 14.0. The van der Waals surface area contributed by atoms with Crippen molar-refractivity contribution in [1.82, 2.24) is 9.55 Å². The van der Waals surface area contributed by atoms with Crippen molar-refractivity contribution < 1.29 is 32.9 Å². The van der Waals surface area contributed by atoms with Crippen LogP contribution in [0.3, 0.4) is 0 Å². The summed E-state index contributed by atoms with van der Waals surface area (Å²) in [5.74, 6) is -0.566. The van der Waals surface area contributed by atoms with E-state index in [4.69, 9.17) is 25.9 Å². The Morgan fingerprint density at radius 3 is 3.00 bits per heavy atom. The molecule has 0 spiro atoms. The van der Waals surface area contributed by atoms with Gasteiger partial charge in [0.2, 0.25) is 6.79 Å². The number of nitrogens with one attached hydrogen (secondary N) is 1. The number of aromatic nitrogens is 2. The van der Waals surface area contributed by atoms with E-state index in [1.165, 1.54) is 13.1 Å². The van der Waals surface area contributed by atoms with Crippen LogP contribution >= 0.6 is 7.82 Å². The van der Waals surface area contributed by atoms with Crippen molar-refractivity contribution in [3.8, 4) is 0 Å². The number of fused-ring (bicyclic) bond motifs is 1. The summed E-state index contributed by atoms with van der Waals surface area (Å²) in [6, 6.07) is 1.12. The number of esters is 1. The Labute approximate surface area is 142 Å². The number of carbonyl (C=O) groups excluding carboxylic acids is 1. The summed E-state index contributed by atoms with van der Waals surface area (Å²) in [6.45, 7) is 0.683. The van der Waals surface area contributed by atoms with E-state index in [9.17, 15) is 19.5 Å². The maximum absolute atomic E-state index is 11.9. The van der Waals surface area contributed by atoms with Gasteiger partial charge in [0, 0.05) is 19.2 Å². The van der Waals surface area contributed by atoms with Crippen LogP contribution in [0.1, 0.15) is 13.2 Å². The van der Waals surface area contributed by atoms with E-state index >= 15 is 0 Å². The quantitative estimate of drug-likeness (QED) is 0.282. The van der Waals surface area contributed by atoms with E-state index in [0.717, 1.165) is 10.6 Å². The number of hydrogen-bond acceptors (Lipinski definition) is 9. The topological polar surface area (TPSA) is 138 Å². The van der Waals surface area contributed by atoms with Gasteiger partial charge in [-0.2, -0.15) is 13.6 Å². The third-order valence-electron chi connectivity index (χ3n) is 3.62. The predicted octanol–water partition coefficient (Wildman–Crippen LogP) is -1.41. The van der Waals surface area contributed by atoms with E-state index < -0.39 is 56.4 Å². The van der Waals surface area contributed by atoms with Gasteiger partial charge in [0.1, 0.15) is 18.8 Å². The summed E-state index contributed by atoms with van der Waals surface area (Å²) < 4.78 is 27.2. The lowest BCUT2D eigenvalue weighted by Crippen LogP contribution is -2.42. The Kier molecular flexibility index (Phi) is 5.10. The Morgan fingerprint density at radius 1 is 1.56 bits per heavy atom. The summed E-state index contributed by atoms with van der Waals surface area (Å²) in [4.78, 5) is 35.8. The van der Waals surface area contributed by atoms with E-state index in [1.54, 1.807) is 0 Å². The highest BCUT2D eigenvalue weighted by atomic mass is 31.2. The number of rotatable bonds is 4. The summed E-state index contributed by atoms with van der Waals surface area (Å²) >= 11 is 0. The molecular weight excluding hydrogens is 358 g/mol. The molecule has 2 aliphatic rings. The highest BCUT2D eigenvalue weighted by Gasteiger charge is 2.58. The molecule has 2 saturated heterocycles. The second-order valence-electron chi connectivity index (χ2n) is 5.36. The summed E-state index contributed by atoms with van der Waals surface area (Å²) in [6.07, 6.45) is -2.78. The van der Waals surface area contributed by atoms with Gasteiger partial charge in [-0.15, -0.1) is 0 Å². The van der Waals surface area contributed by atoms with Gasteiger partial charge in [-0.05, 0) is 0 Å². The van der Waals surface area contributed by atoms with Crippen molar-refractivity contribution >= 4 is 21.4 Å². The number of H-pyrrole nitrogens is 1. The second-order valence-corrected chi connectivity index (χ2v) is 7.17. The van der Waals surface area contributed by atoms with E-state index in [0.29, 0.717) is 0 Å². The molecule has 0 saturated carbocycles. The minimum absolute atomic E-state index is 0.0549. The van der Waals surface area contributed by atoms with Gasteiger partial charge in [-0.1, -0.05) is 0 Å². The molecule has 2 N–H and O–H groups in total. The molecule has 3 heterocycles. The monoisotopic (exact) mass is 373 g/mol. The largest absolute Gasteiger partial charge is 0.488 e. The van der Waals surface area contributed by atoms with Gasteiger partial charge in [0.05, 0.1) is 0 Å². The lowest BCUT2D eigenvalue weighted by Gasteiger charge is -2.30. The Bertz CT molecular complexity index is 769. The third kappa shape index (κ3) is 3.84. The first-order chi connectivity index (χ1) is 11.8. The molecule has 13 heteroatoms. The maximum Gasteiger partial charge on any atom is 0.488 e. The van der Waals surface area contributed by atoms with Crippen molar-refractivity contribution in [1.29, 1.82) is 0 Å². The van der Waals surface area contributed by atoms with E-state index in [2.05, 4.69) is 9.72 Å². The van der Waals surface area contributed by atoms with Crippen molar-refractivity contribution in [3.05, 3.63) is 33.1 Å². The number of nitrogens with zero attached hydrogens (tertiary/aromatic N) is 1. The van der Waals surface area contributed by atoms with Gasteiger partial charge in [0.25, 0.3) is 5.56 Å². The number of carbonyl (C=O) groups is 1. The average Bonchev–Trinajstić information content (AvgIpc) is 2.83. The van der Waals surface area contributed by atoms with Crippen LogP contribution in [-0.2, 0) is 27.8 Å². The summed E-state index contributed by atoms with van der Waals surface area (Å²) in [5.41, 5.74) is -1.31. The molecule has 5 atom stereocenters.